The molecule has 0 amide bonds. The molecule has 0 heterocycles. The molecule has 0 saturated heterocycles. The Balaban J connectivity index is 3.94. The summed E-state index contributed by atoms with van der Waals surface area (Å²) in [6.07, 6.45) is 0.184. The van der Waals surface area contributed by atoms with Crippen LogP contribution >= 0.6 is 0 Å². The summed E-state index contributed by atoms with van der Waals surface area (Å²) in [7, 11) is 2.91. The van der Waals surface area contributed by atoms with Gasteiger partial charge in [-0.3, -0.25) is 9.59 Å². The van der Waals surface area contributed by atoms with Gasteiger partial charge in [0.1, 0.15) is 11.8 Å². The molecule has 0 spiro atoms. The fraction of sp³-hybridized carbons (Fsp3) is 0.714. The molecular weight excluding hydrogens is 146 g/mol. The van der Waals surface area contributed by atoms with Gasteiger partial charge in [-0.15, -0.1) is 0 Å². The van der Waals surface area contributed by atoms with Gasteiger partial charge in [0, 0.05) is 6.42 Å². The van der Waals surface area contributed by atoms with E-state index in [4.69, 9.17) is 0 Å². The minimum Gasteiger partial charge on any atom is -0.468 e. The molecule has 64 valence electrons. The Labute approximate surface area is 65.9 Å². The summed E-state index contributed by atoms with van der Waals surface area (Å²) in [5, 5.41) is 2.69. The van der Waals surface area contributed by atoms with Crippen LogP contribution in [-0.2, 0) is 14.3 Å². The zero-order chi connectivity index (χ0) is 8.85. The van der Waals surface area contributed by atoms with Gasteiger partial charge in [0.15, 0.2) is 0 Å². The summed E-state index contributed by atoms with van der Waals surface area (Å²) in [5.74, 6) is -0.433. The number of hydrogen-bond acceptors (Lipinski definition) is 4. The van der Waals surface area contributed by atoms with Crippen molar-refractivity contribution in [3.05, 3.63) is 0 Å². The maximum atomic E-state index is 10.8. The Bertz CT molecular complexity index is 156. The van der Waals surface area contributed by atoms with Crippen LogP contribution in [-0.4, -0.2) is 32.0 Å². The highest BCUT2D eigenvalue weighted by molar-refractivity contribution is 5.84. The van der Waals surface area contributed by atoms with E-state index in [-0.39, 0.29) is 12.2 Å². The third-order valence-electron chi connectivity index (χ3n) is 1.33. The summed E-state index contributed by atoms with van der Waals surface area (Å²) in [4.78, 5) is 21.4. The largest absolute Gasteiger partial charge is 0.468 e. The molecule has 4 nitrogen and oxygen atoms in total. The minimum absolute atomic E-state index is 0.0326. The molecule has 0 fully saturated rings. The van der Waals surface area contributed by atoms with Gasteiger partial charge >= 0.3 is 5.97 Å². The van der Waals surface area contributed by atoms with Crippen molar-refractivity contribution >= 4 is 11.8 Å². The summed E-state index contributed by atoms with van der Waals surface area (Å²) in [6.45, 7) is 1.44. The molecule has 0 aliphatic rings. The summed E-state index contributed by atoms with van der Waals surface area (Å²) < 4.78 is 4.45. The van der Waals surface area contributed by atoms with E-state index in [1.807, 2.05) is 0 Å². The number of esters is 1. The van der Waals surface area contributed by atoms with Crippen molar-refractivity contribution in [2.45, 2.75) is 19.4 Å². The summed E-state index contributed by atoms with van der Waals surface area (Å²) >= 11 is 0. The van der Waals surface area contributed by atoms with Crippen molar-refractivity contribution in [1.29, 1.82) is 0 Å². The SMILES string of the molecule is CNC(CC(C)=O)C(=O)OC. The van der Waals surface area contributed by atoms with E-state index in [0.717, 1.165) is 0 Å². The third-order valence-corrected chi connectivity index (χ3v) is 1.33. The zero-order valence-corrected chi connectivity index (χ0v) is 7.01. The average molecular weight is 159 g/mol. The number of rotatable bonds is 4. The first kappa shape index (κ1) is 10.1. The van der Waals surface area contributed by atoms with Crippen molar-refractivity contribution in [2.75, 3.05) is 14.2 Å². The van der Waals surface area contributed by atoms with E-state index in [2.05, 4.69) is 10.1 Å². The Kier molecular flexibility index (Phi) is 4.45. The molecule has 1 atom stereocenters. The molecule has 0 saturated carbocycles. The molecular formula is C7H13NO3. The number of hydrogen-bond donors (Lipinski definition) is 1. The van der Waals surface area contributed by atoms with Gasteiger partial charge in [-0.1, -0.05) is 0 Å². The molecule has 1 unspecified atom stereocenters. The predicted molar refractivity (Wildman–Crippen MR) is 40.2 cm³/mol. The van der Waals surface area contributed by atoms with Crippen molar-refractivity contribution in [3.63, 3.8) is 0 Å². The highest BCUT2D eigenvalue weighted by atomic mass is 16.5. The van der Waals surface area contributed by atoms with Crippen LogP contribution in [0.4, 0.5) is 0 Å². The molecule has 0 aliphatic carbocycles. The van der Waals surface area contributed by atoms with Crippen molar-refractivity contribution in [2.24, 2.45) is 0 Å². The number of likely N-dealkylation sites (N-methyl/N-ethyl adjacent to an activating group) is 1. The number of Topliss-reactive ketones (excluding diaryl/α,β-unsaturated/α-hetero) is 1. The van der Waals surface area contributed by atoms with Crippen LogP contribution in [0.2, 0.25) is 0 Å². The first-order valence-corrected chi connectivity index (χ1v) is 3.36. The van der Waals surface area contributed by atoms with Crippen LogP contribution < -0.4 is 5.32 Å². The van der Waals surface area contributed by atoms with Gasteiger partial charge in [-0.05, 0) is 14.0 Å². The van der Waals surface area contributed by atoms with Crippen LogP contribution in [0.3, 0.4) is 0 Å². The Hall–Kier alpha value is -0.900. The molecule has 0 aromatic rings. The molecule has 0 bridgehead atoms. The highest BCUT2D eigenvalue weighted by Gasteiger charge is 2.17. The lowest BCUT2D eigenvalue weighted by Crippen LogP contribution is -2.36. The first-order chi connectivity index (χ1) is 5.11. The standard InChI is InChI=1S/C7H13NO3/c1-5(9)4-6(8-2)7(10)11-3/h6,8H,4H2,1-3H3. The molecule has 0 radical (unpaired) electrons. The lowest BCUT2D eigenvalue weighted by atomic mass is 10.1. The second-order valence-corrected chi connectivity index (χ2v) is 2.27. The Morgan fingerprint density at radius 2 is 2.09 bits per heavy atom. The predicted octanol–water partition coefficient (Wildman–Crippen LogP) is -0.274. The molecule has 0 rings (SSSR count). The van der Waals surface area contributed by atoms with Gasteiger partial charge in [-0.2, -0.15) is 0 Å². The lowest BCUT2D eigenvalue weighted by Gasteiger charge is -2.10. The molecule has 0 aromatic heterocycles. The van der Waals surface area contributed by atoms with E-state index in [1.165, 1.54) is 14.0 Å². The molecule has 1 N–H and O–H groups in total. The van der Waals surface area contributed by atoms with Crippen molar-refractivity contribution in [3.8, 4) is 0 Å². The van der Waals surface area contributed by atoms with Gasteiger partial charge in [-0.25, -0.2) is 0 Å². The fourth-order valence-electron chi connectivity index (χ4n) is 0.733. The van der Waals surface area contributed by atoms with Gasteiger partial charge in [0.05, 0.1) is 7.11 Å². The van der Waals surface area contributed by atoms with Crippen LogP contribution in [0.5, 0.6) is 0 Å². The van der Waals surface area contributed by atoms with Crippen molar-refractivity contribution < 1.29 is 14.3 Å². The monoisotopic (exact) mass is 159 g/mol. The summed E-state index contributed by atoms with van der Waals surface area (Å²) in [6, 6.07) is -0.502. The van der Waals surface area contributed by atoms with E-state index in [1.54, 1.807) is 7.05 Å². The molecule has 0 aliphatic heterocycles. The number of methoxy groups -OCH3 is 1. The van der Waals surface area contributed by atoms with Crippen LogP contribution in [0.15, 0.2) is 0 Å². The van der Waals surface area contributed by atoms with Crippen LogP contribution in [0.25, 0.3) is 0 Å². The fourth-order valence-corrected chi connectivity index (χ4v) is 0.733. The van der Waals surface area contributed by atoms with E-state index >= 15 is 0 Å². The second-order valence-electron chi connectivity index (χ2n) is 2.27. The summed E-state index contributed by atoms with van der Waals surface area (Å²) in [5.41, 5.74) is 0. The van der Waals surface area contributed by atoms with E-state index in [0.29, 0.717) is 0 Å². The Morgan fingerprint density at radius 1 is 1.55 bits per heavy atom. The number of ether oxygens (including phenoxy) is 1. The Morgan fingerprint density at radius 3 is 2.36 bits per heavy atom. The topological polar surface area (TPSA) is 55.4 Å². The quantitative estimate of drug-likeness (QED) is 0.573. The smallest absolute Gasteiger partial charge is 0.323 e. The average Bonchev–Trinajstić information content (AvgIpc) is 1.98. The van der Waals surface area contributed by atoms with Crippen LogP contribution in [0, 0.1) is 0 Å². The van der Waals surface area contributed by atoms with E-state index < -0.39 is 12.0 Å². The number of carbonyl (C=O) groups is 2. The third kappa shape index (κ3) is 3.72. The van der Waals surface area contributed by atoms with Gasteiger partial charge in [0.25, 0.3) is 0 Å². The molecule has 4 heteroatoms. The first-order valence-electron chi connectivity index (χ1n) is 3.36. The van der Waals surface area contributed by atoms with Crippen molar-refractivity contribution in [1.82, 2.24) is 5.32 Å². The normalized spacial score (nSPS) is 12.3. The molecule has 0 aromatic carbocycles. The maximum Gasteiger partial charge on any atom is 0.323 e. The maximum absolute atomic E-state index is 10.8. The lowest BCUT2D eigenvalue weighted by molar-refractivity contribution is -0.144. The highest BCUT2D eigenvalue weighted by Crippen LogP contribution is 1.94. The second kappa shape index (κ2) is 4.85. The number of nitrogens with one attached hydrogen (secondary N) is 1. The number of carbonyl (C=O) groups excluding carboxylic acids is 2. The zero-order valence-electron chi connectivity index (χ0n) is 7.01. The molecule has 11 heavy (non-hydrogen) atoms. The van der Waals surface area contributed by atoms with Gasteiger partial charge in [0.2, 0.25) is 0 Å². The van der Waals surface area contributed by atoms with Gasteiger partial charge < -0.3 is 10.1 Å². The minimum atomic E-state index is -0.502. The van der Waals surface area contributed by atoms with Crippen LogP contribution in [0.1, 0.15) is 13.3 Å². The van der Waals surface area contributed by atoms with E-state index in [9.17, 15) is 9.59 Å². The number of ketones is 1.